The number of rotatable bonds is 5. The van der Waals surface area contributed by atoms with Gasteiger partial charge in [-0.05, 0) is 29.8 Å². The van der Waals surface area contributed by atoms with Gasteiger partial charge in [0.05, 0.1) is 7.11 Å². The molecule has 2 rings (SSSR count). The van der Waals surface area contributed by atoms with Gasteiger partial charge in [-0.3, -0.25) is 4.79 Å². The molecule has 2 aromatic carbocycles. The van der Waals surface area contributed by atoms with Crippen LogP contribution in [0.3, 0.4) is 0 Å². The molecular formula is C17H15Br2NO3. The van der Waals surface area contributed by atoms with Crippen LogP contribution in [0.5, 0.6) is 0 Å². The van der Waals surface area contributed by atoms with Crippen LogP contribution in [0.2, 0.25) is 0 Å². The summed E-state index contributed by atoms with van der Waals surface area (Å²) in [7, 11) is 1.30. The molecule has 0 aromatic heterocycles. The van der Waals surface area contributed by atoms with Crippen LogP contribution in [0.4, 0.5) is 0 Å². The molecule has 6 heteroatoms. The molecule has 23 heavy (non-hydrogen) atoms. The van der Waals surface area contributed by atoms with Gasteiger partial charge < -0.3 is 10.1 Å². The second-order valence-corrected chi connectivity index (χ2v) is 6.53. The van der Waals surface area contributed by atoms with Crippen LogP contribution in [-0.4, -0.2) is 25.0 Å². The Morgan fingerprint density at radius 3 is 2.22 bits per heavy atom. The molecule has 4 nitrogen and oxygen atoms in total. The van der Waals surface area contributed by atoms with Gasteiger partial charge in [-0.25, -0.2) is 4.79 Å². The predicted octanol–water partition coefficient (Wildman–Crippen LogP) is 3.73. The van der Waals surface area contributed by atoms with Crippen LogP contribution < -0.4 is 5.32 Å². The lowest BCUT2D eigenvalue weighted by Crippen LogP contribution is -2.43. The zero-order valence-electron chi connectivity index (χ0n) is 12.4. The van der Waals surface area contributed by atoms with Gasteiger partial charge in [0.2, 0.25) is 0 Å². The number of esters is 1. The first-order chi connectivity index (χ1) is 11.0. The minimum absolute atomic E-state index is 0.313. The third kappa shape index (κ3) is 4.65. The maximum absolute atomic E-state index is 12.3. The fourth-order valence-electron chi connectivity index (χ4n) is 2.10. The van der Waals surface area contributed by atoms with Crippen molar-refractivity contribution in [3.63, 3.8) is 0 Å². The molecule has 0 unspecified atom stereocenters. The summed E-state index contributed by atoms with van der Waals surface area (Å²) >= 11 is 6.93. The summed E-state index contributed by atoms with van der Waals surface area (Å²) in [4.78, 5) is 24.3. The summed E-state index contributed by atoms with van der Waals surface area (Å²) in [6, 6.07) is 13.6. The number of carbonyl (C=O) groups excluding carboxylic acids is 2. The molecule has 0 aliphatic carbocycles. The summed E-state index contributed by atoms with van der Waals surface area (Å²) in [5.41, 5.74) is 1.38. The number of hydrogen-bond donors (Lipinski definition) is 1. The average Bonchev–Trinajstić information content (AvgIpc) is 2.57. The second kappa shape index (κ2) is 8.26. The van der Waals surface area contributed by atoms with Crippen LogP contribution in [0, 0.1) is 0 Å². The molecule has 120 valence electrons. The van der Waals surface area contributed by atoms with Crippen molar-refractivity contribution in [3.05, 3.63) is 68.6 Å². The van der Waals surface area contributed by atoms with E-state index in [9.17, 15) is 9.59 Å². The molecule has 0 fully saturated rings. The Morgan fingerprint density at radius 2 is 1.65 bits per heavy atom. The highest BCUT2D eigenvalue weighted by Crippen LogP contribution is 2.26. The molecule has 0 saturated heterocycles. The van der Waals surface area contributed by atoms with Crippen molar-refractivity contribution < 1.29 is 14.3 Å². The van der Waals surface area contributed by atoms with Crippen molar-refractivity contribution in [1.82, 2.24) is 5.32 Å². The number of hydrogen-bond acceptors (Lipinski definition) is 3. The van der Waals surface area contributed by atoms with Gasteiger partial charge >= 0.3 is 5.97 Å². The summed E-state index contributed by atoms with van der Waals surface area (Å²) in [5.74, 6) is -0.805. The van der Waals surface area contributed by atoms with E-state index in [4.69, 9.17) is 4.74 Å². The summed E-state index contributed by atoms with van der Waals surface area (Å²) in [6.07, 6.45) is 0.313. The molecule has 0 aliphatic rings. The highest BCUT2D eigenvalue weighted by atomic mass is 79.9. The Bertz CT molecular complexity index is 684. The monoisotopic (exact) mass is 439 g/mol. The van der Waals surface area contributed by atoms with Crippen LogP contribution in [0.1, 0.15) is 15.9 Å². The maximum Gasteiger partial charge on any atom is 0.328 e. The fourth-order valence-corrected chi connectivity index (χ4v) is 3.42. The number of carbonyl (C=O) groups is 2. The normalized spacial score (nSPS) is 11.6. The first kappa shape index (κ1) is 17.7. The zero-order valence-corrected chi connectivity index (χ0v) is 15.6. The first-order valence-corrected chi connectivity index (χ1v) is 8.48. The van der Waals surface area contributed by atoms with Gasteiger partial charge in [0.25, 0.3) is 5.91 Å². The van der Waals surface area contributed by atoms with Gasteiger partial charge in [-0.15, -0.1) is 0 Å². The molecule has 0 saturated carbocycles. The van der Waals surface area contributed by atoms with Gasteiger partial charge in [0, 0.05) is 20.9 Å². The number of methoxy groups -OCH3 is 1. The zero-order chi connectivity index (χ0) is 16.8. The van der Waals surface area contributed by atoms with Crippen molar-refractivity contribution >= 4 is 43.7 Å². The van der Waals surface area contributed by atoms with E-state index in [0.29, 0.717) is 12.0 Å². The van der Waals surface area contributed by atoms with Crippen LogP contribution in [-0.2, 0) is 16.0 Å². The molecule has 1 amide bonds. The highest BCUT2D eigenvalue weighted by Gasteiger charge is 2.24. The second-order valence-electron chi connectivity index (χ2n) is 4.82. The molecule has 0 spiro atoms. The fraction of sp³-hybridized carbons (Fsp3) is 0.176. The largest absolute Gasteiger partial charge is 0.467 e. The Balaban J connectivity index is 2.21. The SMILES string of the molecule is COC(=O)[C@H](Cc1c(Br)cccc1Br)NC(=O)c1ccccc1. The van der Waals surface area contributed by atoms with Crippen LogP contribution >= 0.6 is 31.9 Å². The van der Waals surface area contributed by atoms with Crippen molar-refractivity contribution in [2.24, 2.45) is 0 Å². The van der Waals surface area contributed by atoms with E-state index in [0.717, 1.165) is 14.5 Å². The Labute approximate surface area is 151 Å². The standard InChI is InChI=1S/C17H15Br2NO3/c1-23-17(22)15(10-12-13(18)8-5-9-14(12)19)20-16(21)11-6-3-2-4-7-11/h2-9,15H,10H2,1H3,(H,20,21)/t15-/m0/s1. The molecule has 0 bridgehead atoms. The Hall–Kier alpha value is -1.66. The number of ether oxygens (including phenoxy) is 1. The minimum Gasteiger partial charge on any atom is -0.467 e. The van der Waals surface area contributed by atoms with E-state index >= 15 is 0 Å². The number of halogens is 2. The quantitative estimate of drug-likeness (QED) is 0.720. The van der Waals surface area contributed by atoms with Gasteiger partial charge in [0.15, 0.2) is 0 Å². The van der Waals surface area contributed by atoms with Crippen LogP contribution in [0.15, 0.2) is 57.5 Å². The lowest BCUT2D eigenvalue weighted by Gasteiger charge is -2.18. The third-order valence-corrected chi connectivity index (χ3v) is 4.78. The van der Waals surface area contributed by atoms with E-state index in [1.807, 2.05) is 24.3 Å². The van der Waals surface area contributed by atoms with Crippen molar-refractivity contribution in [2.75, 3.05) is 7.11 Å². The summed E-state index contributed by atoms with van der Waals surface area (Å²) < 4.78 is 6.53. The molecule has 1 N–H and O–H groups in total. The molecular weight excluding hydrogens is 426 g/mol. The molecule has 2 aromatic rings. The van der Waals surface area contributed by atoms with Crippen LogP contribution in [0.25, 0.3) is 0 Å². The van der Waals surface area contributed by atoms with E-state index in [1.165, 1.54) is 7.11 Å². The smallest absolute Gasteiger partial charge is 0.328 e. The van der Waals surface area contributed by atoms with Crippen molar-refractivity contribution in [3.8, 4) is 0 Å². The number of nitrogens with one attached hydrogen (secondary N) is 1. The topological polar surface area (TPSA) is 55.4 Å². The van der Waals surface area contributed by atoms with E-state index < -0.39 is 12.0 Å². The average molecular weight is 441 g/mol. The first-order valence-electron chi connectivity index (χ1n) is 6.89. The molecule has 1 atom stereocenters. The minimum atomic E-state index is -0.775. The maximum atomic E-state index is 12.3. The highest BCUT2D eigenvalue weighted by molar-refractivity contribution is 9.11. The predicted molar refractivity (Wildman–Crippen MR) is 95.3 cm³/mol. The van der Waals surface area contributed by atoms with E-state index in [-0.39, 0.29) is 5.91 Å². The van der Waals surface area contributed by atoms with Crippen molar-refractivity contribution in [2.45, 2.75) is 12.5 Å². The van der Waals surface area contributed by atoms with Gasteiger partial charge in [0.1, 0.15) is 6.04 Å². The van der Waals surface area contributed by atoms with Gasteiger partial charge in [-0.1, -0.05) is 56.1 Å². The summed E-state index contributed by atoms with van der Waals surface area (Å²) in [5, 5.41) is 2.73. The molecule has 0 aliphatic heterocycles. The third-order valence-electron chi connectivity index (χ3n) is 3.30. The summed E-state index contributed by atoms with van der Waals surface area (Å²) in [6.45, 7) is 0. The van der Waals surface area contributed by atoms with Gasteiger partial charge in [-0.2, -0.15) is 0 Å². The van der Waals surface area contributed by atoms with Crippen molar-refractivity contribution in [1.29, 1.82) is 0 Å². The van der Waals surface area contributed by atoms with E-state index in [1.54, 1.807) is 24.3 Å². The lowest BCUT2D eigenvalue weighted by atomic mass is 10.1. The lowest BCUT2D eigenvalue weighted by molar-refractivity contribution is -0.142. The number of amides is 1. The molecule has 0 heterocycles. The Kier molecular flexibility index (Phi) is 6.36. The van der Waals surface area contributed by atoms with E-state index in [2.05, 4.69) is 37.2 Å². The Morgan fingerprint density at radius 1 is 1.04 bits per heavy atom. The number of benzene rings is 2. The molecule has 0 radical (unpaired) electrons.